The quantitative estimate of drug-likeness (QED) is 0.835. The number of aryl methyl sites for hydroxylation is 2. The standard InChI is InChI=1S/C15H18BrFN2S/c1-4-7-18-14(15-19-9(2)10(3)20-15)11-5-6-13(17)12(16)8-11/h5-6,8,14,18H,4,7H2,1-3H3. The van der Waals surface area contributed by atoms with Crippen molar-refractivity contribution in [3.63, 3.8) is 0 Å². The molecule has 2 nitrogen and oxygen atoms in total. The van der Waals surface area contributed by atoms with Crippen LogP contribution in [0.25, 0.3) is 0 Å². The summed E-state index contributed by atoms with van der Waals surface area (Å²) in [6.45, 7) is 7.13. The summed E-state index contributed by atoms with van der Waals surface area (Å²) in [4.78, 5) is 5.87. The van der Waals surface area contributed by atoms with Crippen molar-refractivity contribution < 1.29 is 4.39 Å². The van der Waals surface area contributed by atoms with Crippen LogP contribution in [0.2, 0.25) is 0 Å². The van der Waals surface area contributed by atoms with Gasteiger partial charge in [-0.05, 0) is 60.4 Å². The highest BCUT2D eigenvalue weighted by molar-refractivity contribution is 9.10. The molecular weight excluding hydrogens is 339 g/mol. The third-order valence-corrected chi connectivity index (χ3v) is 4.91. The smallest absolute Gasteiger partial charge is 0.137 e. The number of thiazole rings is 1. The third kappa shape index (κ3) is 3.45. The summed E-state index contributed by atoms with van der Waals surface area (Å²) >= 11 is 4.95. The normalized spacial score (nSPS) is 12.7. The van der Waals surface area contributed by atoms with E-state index < -0.39 is 0 Å². The Morgan fingerprint density at radius 2 is 2.15 bits per heavy atom. The van der Waals surface area contributed by atoms with E-state index in [-0.39, 0.29) is 11.9 Å². The average Bonchev–Trinajstić information content (AvgIpc) is 2.74. The summed E-state index contributed by atoms with van der Waals surface area (Å²) in [5.74, 6) is -0.241. The van der Waals surface area contributed by atoms with Gasteiger partial charge in [0.25, 0.3) is 0 Å². The summed E-state index contributed by atoms with van der Waals surface area (Å²) in [6, 6.07) is 5.16. The molecule has 108 valence electrons. The van der Waals surface area contributed by atoms with Gasteiger partial charge < -0.3 is 5.32 Å². The molecule has 2 aromatic rings. The lowest BCUT2D eigenvalue weighted by molar-refractivity contribution is 0.588. The second-order valence-corrected chi connectivity index (χ2v) is 6.84. The largest absolute Gasteiger partial charge is 0.304 e. The van der Waals surface area contributed by atoms with E-state index in [1.807, 2.05) is 19.1 Å². The lowest BCUT2D eigenvalue weighted by Crippen LogP contribution is -2.23. The van der Waals surface area contributed by atoms with Crippen LogP contribution in [0, 0.1) is 19.7 Å². The van der Waals surface area contributed by atoms with Crippen LogP contribution in [0.3, 0.4) is 0 Å². The molecule has 1 N–H and O–H groups in total. The fourth-order valence-electron chi connectivity index (χ4n) is 1.95. The second-order valence-electron chi connectivity index (χ2n) is 4.75. The lowest BCUT2D eigenvalue weighted by atomic mass is 10.1. The van der Waals surface area contributed by atoms with E-state index in [2.05, 4.69) is 40.1 Å². The van der Waals surface area contributed by atoms with Crippen LogP contribution in [0.5, 0.6) is 0 Å². The van der Waals surface area contributed by atoms with Crippen molar-refractivity contribution >= 4 is 27.3 Å². The summed E-state index contributed by atoms with van der Waals surface area (Å²) in [7, 11) is 0. The zero-order chi connectivity index (χ0) is 14.7. The minimum absolute atomic E-state index is 0.0178. The van der Waals surface area contributed by atoms with Gasteiger partial charge in [-0.2, -0.15) is 0 Å². The first-order valence-corrected chi connectivity index (χ1v) is 8.26. The van der Waals surface area contributed by atoms with E-state index >= 15 is 0 Å². The molecule has 5 heteroatoms. The molecule has 0 saturated heterocycles. The highest BCUT2D eigenvalue weighted by Gasteiger charge is 2.19. The van der Waals surface area contributed by atoms with E-state index in [9.17, 15) is 4.39 Å². The Hall–Kier alpha value is -0.780. The van der Waals surface area contributed by atoms with Crippen LogP contribution >= 0.6 is 27.3 Å². The molecule has 2 rings (SSSR count). The Labute approximate surface area is 131 Å². The maximum Gasteiger partial charge on any atom is 0.137 e. The van der Waals surface area contributed by atoms with Gasteiger partial charge in [-0.1, -0.05) is 13.0 Å². The zero-order valence-electron chi connectivity index (χ0n) is 11.8. The second kappa shape index (κ2) is 6.78. The van der Waals surface area contributed by atoms with Gasteiger partial charge >= 0.3 is 0 Å². The Bertz CT molecular complexity index is 578. The van der Waals surface area contributed by atoms with Gasteiger partial charge in [0.15, 0.2) is 0 Å². The molecule has 0 radical (unpaired) electrons. The van der Waals surface area contributed by atoms with Crippen molar-refractivity contribution in [3.8, 4) is 0 Å². The molecule has 0 aliphatic carbocycles. The molecule has 1 aromatic heterocycles. The van der Waals surface area contributed by atoms with Crippen LogP contribution in [0.15, 0.2) is 22.7 Å². The monoisotopic (exact) mass is 356 g/mol. The van der Waals surface area contributed by atoms with E-state index in [0.29, 0.717) is 4.47 Å². The van der Waals surface area contributed by atoms with Gasteiger partial charge in [0.05, 0.1) is 16.2 Å². The molecule has 1 unspecified atom stereocenters. The number of nitrogens with zero attached hydrogens (tertiary/aromatic N) is 1. The van der Waals surface area contributed by atoms with Crippen molar-refractivity contribution in [2.24, 2.45) is 0 Å². The van der Waals surface area contributed by atoms with Crippen LogP contribution in [-0.2, 0) is 0 Å². The van der Waals surface area contributed by atoms with Gasteiger partial charge in [-0.3, -0.25) is 0 Å². The predicted molar refractivity (Wildman–Crippen MR) is 85.8 cm³/mol. The Kier molecular flexibility index (Phi) is 5.29. The Morgan fingerprint density at radius 3 is 2.70 bits per heavy atom. The molecule has 0 bridgehead atoms. The van der Waals surface area contributed by atoms with E-state index in [4.69, 9.17) is 0 Å². The van der Waals surface area contributed by atoms with Crippen molar-refractivity contribution in [3.05, 3.63) is 49.6 Å². The van der Waals surface area contributed by atoms with Crippen molar-refractivity contribution in [2.45, 2.75) is 33.2 Å². The summed E-state index contributed by atoms with van der Waals surface area (Å²) in [6.07, 6.45) is 1.04. The summed E-state index contributed by atoms with van der Waals surface area (Å²) in [5.41, 5.74) is 2.09. The van der Waals surface area contributed by atoms with Gasteiger partial charge in [0.2, 0.25) is 0 Å². The molecule has 0 aliphatic rings. The topological polar surface area (TPSA) is 24.9 Å². The summed E-state index contributed by atoms with van der Waals surface area (Å²) < 4.78 is 13.9. The SMILES string of the molecule is CCCNC(c1ccc(F)c(Br)c1)c1nc(C)c(C)s1. The number of nitrogens with one attached hydrogen (secondary N) is 1. The van der Waals surface area contributed by atoms with Crippen molar-refractivity contribution in [1.82, 2.24) is 10.3 Å². The van der Waals surface area contributed by atoms with E-state index in [1.54, 1.807) is 11.3 Å². The molecule has 0 fully saturated rings. The number of aromatic nitrogens is 1. The molecule has 0 aliphatic heterocycles. The number of benzene rings is 1. The Morgan fingerprint density at radius 1 is 1.40 bits per heavy atom. The molecule has 0 spiro atoms. The molecular formula is C15H18BrFN2S. The fourth-order valence-corrected chi connectivity index (χ4v) is 3.37. The third-order valence-electron chi connectivity index (χ3n) is 3.17. The van der Waals surface area contributed by atoms with E-state index in [0.717, 1.165) is 29.2 Å². The van der Waals surface area contributed by atoms with Crippen molar-refractivity contribution in [2.75, 3.05) is 6.54 Å². The first-order chi connectivity index (χ1) is 9.52. The van der Waals surface area contributed by atoms with Gasteiger partial charge in [0.1, 0.15) is 10.8 Å². The maximum absolute atomic E-state index is 13.4. The first-order valence-electron chi connectivity index (χ1n) is 6.65. The first kappa shape index (κ1) is 15.6. The van der Waals surface area contributed by atoms with Gasteiger partial charge in [-0.25, -0.2) is 9.37 Å². The lowest BCUT2D eigenvalue weighted by Gasteiger charge is -2.17. The number of hydrogen-bond donors (Lipinski definition) is 1. The van der Waals surface area contributed by atoms with Crippen LogP contribution in [-0.4, -0.2) is 11.5 Å². The zero-order valence-corrected chi connectivity index (χ0v) is 14.2. The van der Waals surface area contributed by atoms with Crippen LogP contribution in [0.1, 0.15) is 40.5 Å². The predicted octanol–water partition coefficient (Wildman–Crippen LogP) is 4.75. The highest BCUT2D eigenvalue weighted by atomic mass is 79.9. The van der Waals surface area contributed by atoms with E-state index in [1.165, 1.54) is 10.9 Å². The maximum atomic E-state index is 13.4. The molecule has 0 amide bonds. The number of rotatable bonds is 5. The number of hydrogen-bond acceptors (Lipinski definition) is 3. The van der Waals surface area contributed by atoms with Crippen molar-refractivity contribution in [1.29, 1.82) is 0 Å². The van der Waals surface area contributed by atoms with Gasteiger partial charge in [-0.15, -0.1) is 11.3 Å². The summed E-state index contributed by atoms with van der Waals surface area (Å²) in [5, 5.41) is 4.53. The molecule has 1 heterocycles. The highest BCUT2D eigenvalue weighted by Crippen LogP contribution is 2.30. The minimum atomic E-state index is -0.241. The van der Waals surface area contributed by atoms with Crippen LogP contribution < -0.4 is 5.32 Å². The minimum Gasteiger partial charge on any atom is -0.304 e. The molecule has 1 atom stereocenters. The molecule has 20 heavy (non-hydrogen) atoms. The average molecular weight is 357 g/mol. The fraction of sp³-hybridized carbons (Fsp3) is 0.400. The Balaban J connectivity index is 2.38. The van der Waals surface area contributed by atoms with Gasteiger partial charge in [0, 0.05) is 4.88 Å². The van der Waals surface area contributed by atoms with Crippen LogP contribution in [0.4, 0.5) is 4.39 Å². The molecule has 1 aromatic carbocycles. The molecule has 0 saturated carbocycles. The number of halogens is 2.